The Balaban J connectivity index is 2.03. The van der Waals surface area contributed by atoms with Gasteiger partial charge >= 0.3 is 0 Å². The van der Waals surface area contributed by atoms with Crippen LogP contribution < -0.4 is 9.47 Å². The Morgan fingerprint density at radius 2 is 1.35 bits per heavy atom. The summed E-state index contributed by atoms with van der Waals surface area (Å²) in [6, 6.07) is 9.25. The highest BCUT2D eigenvalue weighted by Gasteiger charge is 2.22. The number of aromatic nitrogens is 1. The van der Waals surface area contributed by atoms with E-state index in [0.717, 1.165) is 38.5 Å². The number of benzene rings is 2. The highest BCUT2D eigenvalue weighted by Crippen LogP contribution is 2.40. The summed E-state index contributed by atoms with van der Waals surface area (Å²) in [6.45, 7) is 5.24. The van der Waals surface area contributed by atoms with Crippen molar-refractivity contribution in [1.29, 1.82) is 0 Å². The lowest BCUT2D eigenvalue weighted by atomic mass is 10.0. The first-order chi connectivity index (χ1) is 16.5. The van der Waals surface area contributed by atoms with Gasteiger partial charge in [0.15, 0.2) is 23.3 Å². The Bertz CT molecular complexity index is 1070. The van der Waals surface area contributed by atoms with E-state index in [0.29, 0.717) is 41.9 Å². The lowest BCUT2D eigenvalue weighted by Crippen LogP contribution is -2.03. The summed E-state index contributed by atoms with van der Waals surface area (Å²) in [5, 5.41) is 0. The van der Waals surface area contributed by atoms with Gasteiger partial charge in [-0.3, -0.25) is 4.98 Å². The van der Waals surface area contributed by atoms with Crippen molar-refractivity contribution in [3.05, 3.63) is 65.9 Å². The minimum atomic E-state index is -1.87. The van der Waals surface area contributed by atoms with Crippen LogP contribution in [0.15, 0.2) is 42.6 Å². The standard InChI is InChI=1S/C27H29F4NO2/c1-3-5-7-14-33-22-10-9-11-23(34-15-8-6-4-2)24(22)18-12-13-32-21(16-18)19-17-20(28)26(30)27(31)25(19)29/h9-13,16-17H,3-8,14-15H2,1-2H3. The molecule has 3 rings (SSSR count). The number of pyridine rings is 1. The SMILES string of the molecule is CCCCCOc1cccc(OCCCCC)c1-c1ccnc(-c2cc(F)c(F)c(F)c2F)c1. The molecular weight excluding hydrogens is 446 g/mol. The Hall–Kier alpha value is -3.09. The van der Waals surface area contributed by atoms with Gasteiger partial charge in [0.1, 0.15) is 11.5 Å². The number of hydrogen-bond acceptors (Lipinski definition) is 3. The van der Waals surface area contributed by atoms with Crippen molar-refractivity contribution in [2.75, 3.05) is 13.2 Å². The smallest absolute Gasteiger partial charge is 0.198 e. The Morgan fingerprint density at radius 1 is 0.735 bits per heavy atom. The Kier molecular flexibility index (Phi) is 9.31. The van der Waals surface area contributed by atoms with Gasteiger partial charge in [-0.05, 0) is 48.7 Å². The molecule has 3 aromatic rings. The minimum absolute atomic E-state index is 0.0366. The van der Waals surface area contributed by atoms with Gasteiger partial charge in [0, 0.05) is 11.8 Å². The van der Waals surface area contributed by atoms with E-state index in [1.54, 1.807) is 6.07 Å². The van der Waals surface area contributed by atoms with E-state index >= 15 is 0 Å². The highest BCUT2D eigenvalue weighted by molar-refractivity contribution is 5.79. The van der Waals surface area contributed by atoms with Crippen molar-refractivity contribution in [2.45, 2.75) is 52.4 Å². The minimum Gasteiger partial charge on any atom is -0.493 e. The normalized spacial score (nSPS) is 11.0. The molecule has 0 atom stereocenters. The molecule has 0 aliphatic heterocycles. The van der Waals surface area contributed by atoms with Crippen molar-refractivity contribution >= 4 is 0 Å². The van der Waals surface area contributed by atoms with Crippen molar-refractivity contribution in [1.82, 2.24) is 4.98 Å². The molecule has 0 amide bonds. The number of unbranched alkanes of at least 4 members (excludes halogenated alkanes) is 4. The molecule has 0 aliphatic carbocycles. The van der Waals surface area contributed by atoms with Gasteiger partial charge in [0.25, 0.3) is 0 Å². The van der Waals surface area contributed by atoms with Crippen LogP contribution in [0.25, 0.3) is 22.4 Å². The zero-order valence-electron chi connectivity index (χ0n) is 19.5. The van der Waals surface area contributed by atoms with Gasteiger partial charge in [0.2, 0.25) is 0 Å². The Labute approximate surface area is 197 Å². The number of ether oxygens (including phenoxy) is 2. The molecule has 0 N–H and O–H groups in total. The van der Waals surface area contributed by atoms with Crippen LogP contribution in [0, 0.1) is 23.3 Å². The zero-order chi connectivity index (χ0) is 24.5. The monoisotopic (exact) mass is 475 g/mol. The number of halogens is 4. The quantitative estimate of drug-likeness (QED) is 0.115. The second-order valence-corrected chi connectivity index (χ2v) is 8.02. The van der Waals surface area contributed by atoms with Crippen LogP contribution in [0.3, 0.4) is 0 Å². The second kappa shape index (κ2) is 12.4. The van der Waals surface area contributed by atoms with Crippen LogP contribution >= 0.6 is 0 Å². The molecule has 2 aromatic carbocycles. The third kappa shape index (κ3) is 6.07. The average molecular weight is 476 g/mol. The molecule has 7 heteroatoms. The zero-order valence-corrected chi connectivity index (χ0v) is 19.5. The molecule has 0 saturated carbocycles. The molecule has 0 fully saturated rings. The average Bonchev–Trinajstić information content (AvgIpc) is 2.85. The summed E-state index contributed by atoms with van der Waals surface area (Å²) < 4.78 is 67.6. The Morgan fingerprint density at radius 3 is 1.94 bits per heavy atom. The molecule has 1 aromatic heterocycles. The van der Waals surface area contributed by atoms with E-state index in [-0.39, 0.29) is 5.69 Å². The maximum atomic E-state index is 14.4. The van der Waals surface area contributed by atoms with Crippen LogP contribution in [0.4, 0.5) is 17.6 Å². The molecule has 34 heavy (non-hydrogen) atoms. The third-order valence-corrected chi connectivity index (χ3v) is 5.43. The molecule has 0 bridgehead atoms. The molecule has 0 radical (unpaired) electrons. The molecule has 1 heterocycles. The maximum absolute atomic E-state index is 14.4. The maximum Gasteiger partial charge on any atom is 0.198 e. The highest BCUT2D eigenvalue weighted by atomic mass is 19.2. The van der Waals surface area contributed by atoms with E-state index in [1.165, 1.54) is 12.3 Å². The molecule has 182 valence electrons. The summed E-state index contributed by atoms with van der Waals surface area (Å²) in [7, 11) is 0. The largest absolute Gasteiger partial charge is 0.493 e. The van der Waals surface area contributed by atoms with Crippen molar-refractivity contribution in [3.8, 4) is 33.9 Å². The topological polar surface area (TPSA) is 31.4 Å². The van der Waals surface area contributed by atoms with E-state index in [9.17, 15) is 17.6 Å². The first-order valence-electron chi connectivity index (χ1n) is 11.7. The first-order valence-corrected chi connectivity index (χ1v) is 11.7. The van der Waals surface area contributed by atoms with Crippen molar-refractivity contribution in [2.24, 2.45) is 0 Å². The lowest BCUT2D eigenvalue weighted by Gasteiger charge is -2.17. The summed E-state index contributed by atoms with van der Waals surface area (Å²) in [6.07, 6.45) is 7.35. The van der Waals surface area contributed by atoms with Crippen LogP contribution in [0.1, 0.15) is 52.4 Å². The molecule has 0 aliphatic rings. The number of rotatable bonds is 12. The summed E-state index contributed by atoms with van der Waals surface area (Å²) in [5.74, 6) is -5.55. The van der Waals surface area contributed by atoms with Gasteiger partial charge in [-0.15, -0.1) is 0 Å². The van der Waals surface area contributed by atoms with Gasteiger partial charge < -0.3 is 9.47 Å². The van der Waals surface area contributed by atoms with Gasteiger partial charge in [-0.2, -0.15) is 0 Å². The lowest BCUT2D eigenvalue weighted by molar-refractivity contribution is 0.293. The fourth-order valence-corrected chi connectivity index (χ4v) is 3.60. The van der Waals surface area contributed by atoms with Crippen LogP contribution in [-0.4, -0.2) is 18.2 Å². The summed E-state index contributed by atoms with van der Waals surface area (Å²) >= 11 is 0. The van der Waals surface area contributed by atoms with Gasteiger partial charge in [-0.25, -0.2) is 17.6 Å². The van der Waals surface area contributed by atoms with Crippen molar-refractivity contribution in [3.63, 3.8) is 0 Å². The van der Waals surface area contributed by atoms with Crippen LogP contribution in [0.2, 0.25) is 0 Å². The van der Waals surface area contributed by atoms with Crippen molar-refractivity contribution < 1.29 is 27.0 Å². The van der Waals surface area contributed by atoms with E-state index in [4.69, 9.17) is 9.47 Å². The molecule has 0 saturated heterocycles. The number of hydrogen-bond donors (Lipinski definition) is 0. The number of nitrogens with zero attached hydrogens (tertiary/aromatic N) is 1. The predicted octanol–water partition coefficient (Wildman–Crippen LogP) is 8.11. The molecular formula is C27H29F4NO2. The third-order valence-electron chi connectivity index (χ3n) is 5.43. The van der Waals surface area contributed by atoms with E-state index in [1.807, 2.05) is 18.2 Å². The molecule has 0 spiro atoms. The fourth-order valence-electron chi connectivity index (χ4n) is 3.60. The molecule has 3 nitrogen and oxygen atoms in total. The summed E-state index contributed by atoms with van der Waals surface area (Å²) in [4.78, 5) is 4.06. The van der Waals surface area contributed by atoms with E-state index < -0.39 is 28.8 Å². The van der Waals surface area contributed by atoms with Crippen LogP contribution in [0.5, 0.6) is 11.5 Å². The van der Waals surface area contributed by atoms with Gasteiger partial charge in [-0.1, -0.05) is 45.6 Å². The van der Waals surface area contributed by atoms with Gasteiger partial charge in [0.05, 0.1) is 24.5 Å². The molecule has 0 unspecified atom stereocenters. The van der Waals surface area contributed by atoms with E-state index in [2.05, 4.69) is 18.8 Å². The van der Waals surface area contributed by atoms with Crippen LogP contribution in [-0.2, 0) is 0 Å². The predicted molar refractivity (Wildman–Crippen MR) is 125 cm³/mol. The summed E-state index contributed by atoms with van der Waals surface area (Å²) in [5.41, 5.74) is 0.712. The second-order valence-electron chi connectivity index (χ2n) is 8.02. The fraction of sp³-hybridized carbons (Fsp3) is 0.370. The first kappa shape index (κ1) is 25.5.